The molecule has 0 fully saturated rings. The molecule has 1 amide bonds. The van der Waals surface area contributed by atoms with Gasteiger partial charge in [-0.2, -0.15) is 18.3 Å². The highest BCUT2D eigenvalue weighted by molar-refractivity contribution is 6.08. The second kappa shape index (κ2) is 6.05. The quantitative estimate of drug-likeness (QED) is 0.606. The number of nitrogens with one attached hydrogen (secondary N) is 3. The van der Waals surface area contributed by atoms with E-state index in [-0.39, 0.29) is 35.4 Å². The Hall–Kier alpha value is -2.95. The third kappa shape index (κ3) is 3.25. The third-order valence-corrected chi connectivity index (χ3v) is 4.31. The number of fused-ring (bicyclic) bond motifs is 2. The highest BCUT2D eigenvalue weighted by Crippen LogP contribution is 2.29. The van der Waals surface area contributed by atoms with E-state index in [1.54, 1.807) is 0 Å². The summed E-state index contributed by atoms with van der Waals surface area (Å²) in [6.45, 7) is -1.15. The second-order valence-corrected chi connectivity index (χ2v) is 6.26. The standard InChI is InChI=1S/C16H12F5N5O/c17-9-1-7-11(2-10(9)18)22-3-12(7)23-15(27)14-8-4-26(6-16(19,20)21)5-13(8)24-25-14/h1-3,22H,4-6H2,(H,23,27)(H,24,25). The van der Waals surface area contributed by atoms with Crippen LogP contribution < -0.4 is 5.32 Å². The minimum absolute atomic E-state index is 0.00664. The Morgan fingerprint density at radius 3 is 2.70 bits per heavy atom. The maximum absolute atomic E-state index is 13.5. The molecule has 0 unspecified atom stereocenters. The largest absolute Gasteiger partial charge is 0.401 e. The zero-order valence-electron chi connectivity index (χ0n) is 13.5. The highest BCUT2D eigenvalue weighted by atomic mass is 19.4. The Balaban J connectivity index is 1.56. The van der Waals surface area contributed by atoms with Crippen molar-refractivity contribution in [2.24, 2.45) is 0 Å². The molecule has 1 aliphatic rings. The Kier molecular flexibility index (Phi) is 3.91. The molecule has 0 bridgehead atoms. The number of alkyl halides is 3. The van der Waals surface area contributed by atoms with Gasteiger partial charge in [0.25, 0.3) is 5.91 Å². The van der Waals surface area contributed by atoms with E-state index in [0.29, 0.717) is 11.3 Å². The van der Waals surface area contributed by atoms with Crippen molar-refractivity contribution in [2.75, 3.05) is 11.9 Å². The van der Waals surface area contributed by atoms with E-state index < -0.39 is 30.3 Å². The number of aromatic amines is 2. The minimum atomic E-state index is -4.34. The van der Waals surface area contributed by atoms with Gasteiger partial charge in [-0.15, -0.1) is 0 Å². The van der Waals surface area contributed by atoms with Crippen molar-refractivity contribution in [3.8, 4) is 0 Å². The van der Waals surface area contributed by atoms with E-state index in [9.17, 15) is 26.7 Å². The molecule has 3 N–H and O–H groups in total. The van der Waals surface area contributed by atoms with Gasteiger partial charge in [0.05, 0.1) is 23.4 Å². The zero-order valence-corrected chi connectivity index (χ0v) is 13.5. The van der Waals surface area contributed by atoms with Crippen LogP contribution in [0, 0.1) is 11.6 Å². The number of anilines is 1. The molecule has 1 aromatic carbocycles. The van der Waals surface area contributed by atoms with E-state index in [1.165, 1.54) is 6.20 Å². The number of rotatable bonds is 3. The number of hydrogen-bond donors (Lipinski definition) is 3. The first kappa shape index (κ1) is 17.5. The van der Waals surface area contributed by atoms with Crippen molar-refractivity contribution in [2.45, 2.75) is 19.3 Å². The van der Waals surface area contributed by atoms with Crippen LogP contribution in [0.25, 0.3) is 10.9 Å². The molecule has 11 heteroatoms. The fourth-order valence-corrected chi connectivity index (χ4v) is 3.16. The van der Waals surface area contributed by atoms with Crippen LogP contribution in [0.3, 0.4) is 0 Å². The third-order valence-electron chi connectivity index (χ3n) is 4.31. The maximum Gasteiger partial charge on any atom is 0.401 e. The Labute approximate surface area is 148 Å². The molecule has 0 saturated heterocycles. The van der Waals surface area contributed by atoms with Gasteiger partial charge in [0, 0.05) is 36.3 Å². The molecular weight excluding hydrogens is 373 g/mol. The van der Waals surface area contributed by atoms with Crippen molar-refractivity contribution in [3.05, 3.63) is 46.9 Å². The maximum atomic E-state index is 13.5. The molecule has 2 aromatic heterocycles. The van der Waals surface area contributed by atoms with Gasteiger partial charge in [-0.25, -0.2) is 8.78 Å². The van der Waals surface area contributed by atoms with Crippen molar-refractivity contribution in [1.82, 2.24) is 20.1 Å². The molecule has 0 radical (unpaired) electrons. The molecule has 3 heterocycles. The summed E-state index contributed by atoms with van der Waals surface area (Å²) in [6, 6.07) is 1.90. The van der Waals surface area contributed by atoms with Gasteiger partial charge < -0.3 is 10.3 Å². The smallest absolute Gasteiger partial charge is 0.359 e. The molecule has 4 rings (SSSR count). The topological polar surface area (TPSA) is 76.8 Å². The lowest BCUT2D eigenvalue weighted by Crippen LogP contribution is -2.30. The first-order chi connectivity index (χ1) is 12.7. The number of hydrogen-bond acceptors (Lipinski definition) is 3. The number of carbonyl (C=O) groups is 1. The second-order valence-electron chi connectivity index (χ2n) is 6.26. The van der Waals surface area contributed by atoms with Crippen molar-refractivity contribution in [3.63, 3.8) is 0 Å². The lowest BCUT2D eigenvalue weighted by molar-refractivity contribution is -0.147. The lowest BCUT2D eigenvalue weighted by Gasteiger charge is -2.16. The molecule has 0 aliphatic carbocycles. The predicted octanol–water partition coefficient (Wildman–Crippen LogP) is 3.30. The molecule has 0 atom stereocenters. The van der Waals surface area contributed by atoms with Crippen LogP contribution in [-0.2, 0) is 13.1 Å². The Morgan fingerprint density at radius 2 is 1.96 bits per heavy atom. The average Bonchev–Trinajstić information content (AvgIpc) is 3.21. The van der Waals surface area contributed by atoms with Crippen molar-refractivity contribution in [1.29, 1.82) is 0 Å². The first-order valence-corrected chi connectivity index (χ1v) is 7.84. The summed E-state index contributed by atoms with van der Waals surface area (Å²) >= 11 is 0. The van der Waals surface area contributed by atoms with Crippen molar-refractivity contribution >= 4 is 22.5 Å². The number of aromatic nitrogens is 3. The van der Waals surface area contributed by atoms with E-state index in [4.69, 9.17) is 0 Å². The van der Waals surface area contributed by atoms with Crippen LogP contribution in [0.4, 0.5) is 27.6 Å². The highest BCUT2D eigenvalue weighted by Gasteiger charge is 2.36. The summed E-state index contributed by atoms with van der Waals surface area (Å²) in [4.78, 5) is 16.4. The van der Waals surface area contributed by atoms with E-state index >= 15 is 0 Å². The van der Waals surface area contributed by atoms with Crippen LogP contribution in [-0.4, -0.2) is 38.7 Å². The van der Waals surface area contributed by atoms with Gasteiger partial charge >= 0.3 is 6.18 Å². The monoisotopic (exact) mass is 385 g/mol. The van der Waals surface area contributed by atoms with Gasteiger partial charge in [-0.1, -0.05) is 0 Å². The van der Waals surface area contributed by atoms with Gasteiger partial charge in [0.15, 0.2) is 17.3 Å². The summed E-state index contributed by atoms with van der Waals surface area (Å²) in [7, 11) is 0. The van der Waals surface area contributed by atoms with E-state index in [1.807, 2.05) is 0 Å². The number of benzene rings is 1. The molecule has 1 aliphatic heterocycles. The molecule has 0 saturated carbocycles. The molecule has 27 heavy (non-hydrogen) atoms. The molecule has 142 valence electrons. The first-order valence-electron chi connectivity index (χ1n) is 7.84. The van der Waals surface area contributed by atoms with Gasteiger partial charge in [-0.3, -0.25) is 14.8 Å². The molecule has 3 aromatic rings. The van der Waals surface area contributed by atoms with E-state index in [2.05, 4.69) is 20.5 Å². The minimum Gasteiger partial charge on any atom is -0.359 e. The SMILES string of the molecule is O=C(Nc1c[nH]c2cc(F)c(F)cc12)c1n[nH]c2c1CN(CC(F)(F)F)C2. The van der Waals surface area contributed by atoms with Gasteiger partial charge in [0.1, 0.15) is 0 Å². The fourth-order valence-electron chi connectivity index (χ4n) is 3.16. The van der Waals surface area contributed by atoms with Crippen LogP contribution in [0.2, 0.25) is 0 Å². The summed E-state index contributed by atoms with van der Waals surface area (Å²) in [5.74, 6) is -2.76. The van der Waals surface area contributed by atoms with Crippen LogP contribution in [0.1, 0.15) is 21.7 Å². The molecule has 6 nitrogen and oxygen atoms in total. The number of carbonyl (C=O) groups excluding carboxylic acids is 1. The van der Waals surface area contributed by atoms with Gasteiger partial charge in [-0.05, 0) is 6.07 Å². The van der Waals surface area contributed by atoms with Crippen LogP contribution in [0.5, 0.6) is 0 Å². The summed E-state index contributed by atoms with van der Waals surface area (Å²) in [5, 5.41) is 9.23. The lowest BCUT2D eigenvalue weighted by atomic mass is 10.2. The number of halogens is 5. The number of amides is 1. The van der Waals surface area contributed by atoms with E-state index in [0.717, 1.165) is 17.0 Å². The normalized spacial score (nSPS) is 14.7. The Morgan fingerprint density at radius 1 is 1.22 bits per heavy atom. The Bertz CT molecular complexity index is 1040. The average molecular weight is 385 g/mol. The summed E-state index contributed by atoms with van der Waals surface area (Å²) in [5.41, 5.74) is 1.28. The molecule has 0 spiro atoms. The van der Waals surface area contributed by atoms with Crippen LogP contribution >= 0.6 is 0 Å². The molecular formula is C16H12F5N5O. The number of nitrogens with zero attached hydrogens (tertiary/aromatic N) is 2. The van der Waals surface area contributed by atoms with Crippen LogP contribution in [0.15, 0.2) is 18.3 Å². The fraction of sp³-hybridized carbons (Fsp3) is 0.250. The predicted molar refractivity (Wildman–Crippen MR) is 84.9 cm³/mol. The zero-order chi connectivity index (χ0) is 19.3. The van der Waals surface area contributed by atoms with Crippen molar-refractivity contribution < 1.29 is 26.7 Å². The van der Waals surface area contributed by atoms with Gasteiger partial charge in [0.2, 0.25) is 0 Å². The summed E-state index contributed by atoms with van der Waals surface area (Å²) in [6.07, 6.45) is -2.98. The number of H-pyrrole nitrogens is 2. The summed E-state index contributed by atoms with van der Waals surface area (Å²) < 4.78 is 64.4.